The van der Waals surface area contributed by atoms with Crippen molar-refractivity contribution < 1.29 is 0 Å². The van der Waals surface area contributed by atoms with Crippen molar-refractivity contribution in [2.75, 3.05) is 19.6 Å². The molecular formula is C14H24N4. The molecule has 1 aromatic heterocycles. The van der Waals surface area contributed by atoms with Crippen LogP contribution < -0.4 is 5.32 Å². The predicted molar refractivity (Wildman–Crippen MR) is 72.5 cm³/mol. The van der Waals surface area contributed by atoms with Gasteiger partial charge in [0.2, 0.25) is 0 Å². The van der Waals surface area contributed by atoms with Gasteiger partial charge in [0.15, 0.2) is 0 Å². The summed E-state index contributed by atoms with van der Waals surface area (Å²) in [5, 5.41) is 3.67. The molecule has 1 atom stereocenters. The third kappa shape index (κ3) is 2.19. The molecular weight excluding hydrogens is 224 g/mol. The van der Waals surface area contributed by atoms with Crippen molar-refractivity contribution >= 4 is 0 Å². The van der Waals surface area contributed by atoms with Crippen LogP contribution in [0.1, 0.15) is 44.1 Å². The molecule has 0 spiro atoms. The molecule has 100 valence electrons. The van der Waals surface area contributed by atoms with E-state index in [9.17, 15) is 0 Å². The monoisotopic (exact) mass is 248 g/mol. The van der Waals surface area contributed by atoms with Crippen molar-refractivity contribution in [1.82, 2.24) is 20.2 Å². The quantitative estimate of drug-likeness (QED) is 0.837. The maximum atomic E-state index is 4.54. The molecule has 0 aromatic carbocycles. The molecule has 0 amide bonds. The van der Waals surface area contributed by atoms with E-state index in [1.165, 1.54) is 37.3 Å². The average Bonchev–Trinajstić information content (AvgIpc) is 2.87. The van der Waals surface area contributed by atoms with Gasteiger partial charge in [-0.1, -0.05) is 0 Å². The fourth-order valence-corrected chi connectivity index (χ4v) is 3.41. The average molecular weight is 248 g/mol. The van der Waals surface area contributed by atoms with E-state index in [1.807, 2.05) is 6.33 Å². The number of rotatable bonds is 2. The first-order valence-corrected chi connectivity index (χ1v) is 7.25. The Morgan fingerprint density at radius 1 is 1.33 bits per heavy atom. The lowest BCUT2D eigenvalue weighted by Crippen LogP contribution is -2.43. The van der Waals surface area contributed by atoms with Gasteiger partial charge in [0.1, 0.15) is 0 Å². The summed E-state index contributed by atoms with van der Waals surface area (Å²) < 4.78 is 0. The van der Waals surface area contributed by atoms with E-state index in [-0.39, 0.29) is 0 Å². The van der Waals surface area contributed by atoms with E-state index in [1.54, 1.807) is 0 Å². The number of hydrogen-bond acceptors (Lipinski definition) is 3. The van der Waals surface area contributed by atoms with Crippen molar-refractivity contribution in [2.24, 2.45) is 5.92 Å². The number of imidazole rings is 1. The topological polar surface area (TPSA) is 44.0 Å². The number of aromatic nitrogens is 2. The summed E-state index contributed by atoms with van der Waals surface area (Å²) in [6, 6.07) is 1.17. The fourth-order valence-electron chi connectivity index (χ4n) is 3.41. The summed E-state index contributed by atoms with van der Waals surface area (Å²) in [6.07, 6.45) is 5.54. The Balaban J connectivity index is 1.68. The highest BCUT2D eigenvalue weighted by Crippen LogP contribution is 2.33. The Morgan fingerprint density at radius 2 is 2.11 bits per heavy atom. The van der Waals surface area contributed by atoms with Crippen molar-refractivity contribution in [3.05, 3.63) is 17.7 Å². The van der Waals surface area contributed by atoms with Crippen LogP contribution in [0.15, 0.2) is 6.33 Å². The summed E-state index contributed by atoms with van der Waals surface area (Å²) in [5.41, 5.74) is 2.63. The zero-order chi connectivity index (χ0) is 12.5. The molecule has 4 nitrogen and oxygen atoms in total. The van der Waals surface area contributed by atoms with Crippen LogP contribution >= 0.6 is 0 Å². The molecule has 0 bridgehead atoms. The Hall–Kier alpha value is -0.870. The van der Waals surface area contributed by atoms with Gasteiger partial charge >= 0.3 is 0 Å². The molecule has 0 aliphatic carbocycles. The predicted octanol–water partition coefficient (Wildman–Crippen LogP) is 1.72. The molecule has 0 unspecified atom stereocenters. The van der Waals surface area contributed by atoms with Crippen LogP contribution in [0.4, 0.5) is 0 Å². The molecule has 3 rings (SSSR count). The molecule has 0 radical (unpaired) electrons. The first kappa shape index (κ1) is 12.2. The summed E-state index contributed by atoms with van der Waals surface area (Å²) >= 11 is 0. The van der Waals surface area contributed by atoms with Gasteiger partial charge in [-0.05, 0) is 45.7 Å². The minimum atomic E-state index is 0.481. The number of hydrogen-bond donors (Lipinski definition) is 2. The highest BCUT2D eigenvalue weighted by Gasteiger charge is 2.32. The molecule has 18 heavy (non-hydrogen) atoms. The number of likely N-dealkylation sites (tertiary alicyclic amines) is 1. The first-order chi connectivity index (χ1) is 8.75. The summed E-state index contributed by atoms with van der Waals surface area (Å²) in [5.74, 6) is 0.752. The smallest absolute Gasteiger partial charge is 0.0925 e. The summed E-state index contributed by atoms with van der Waals surface area (Å²) in [6.45, 7) is 8.15. The molecule has 1 aromatic rings. The fraction of sp³-hybridized carbons (Fsp3) is 0.786. The minimum Gasteiger partial charge on any atom is -0.348 e. The number of nitrogens with zero attached hydrogens (tertiary/aromatic N) is 2. The molecule has 1 fully saturated rings. The highest BCUT2D eigenvalue weighted by atomic mass is 15.2. The van der Waals surface area contributed by atoms with Crippen molar-refractivity contribution in [3.8, 4) is 0 Å². The number of H-pyrrole nitrogens is 1. The zero-order valence-electron chi connectivity index (χ0n) is 11.4. The second-order valence-electron chi connectivity index (χ2n) is 5.92. The lowest BCUT2D eigenvalue weighted by molar-refractivity contribution is 0.127. The Bertz CT molecular complexity index is 390. The molecule has 1 saturated heterocycles. The first-order valence-electron chi connectivity index (χ1n) is 7.25. The van der Waals surface area contributed by atoms with E-state index < -0.39 is 0 Å². The van der Waals surface area contributed by atoms with Crippen LogP contribution in [0.3, 0.4) is 0 Å². The Labute approximate surface area is 109 Å². The van der Waals surface area contributed by atoms with E-state index in [4.69, 9.17) is 0 Å². The van der Waals surface area contributed by atoms with E-state index in [0.717, 1.165) is 18.9 Å². The lowest BCUT2D eigenvalue weighted by atomic mass is 9.85. The normalized spacial score (nSPS) is 26.5. The number of aromatic amines is 1. The molecule has 2 aliphatic rings. The standard InChI is InChI=1S/C14H24N4/c1-10(2)18-7-4-11(5-8-18)13-14-12(3-6-15-13)16-9-17-14/h9-11,13,15H,3-8H2,1-2H3,(H,16,17)/t13-/m0/s1. The lowest BCUT2D eigenvalue weighted by Gasteiger charge is -2.39. The maximum Gasteiger partial charge on any atom is 0.0925 e. The van der Waals surface area contributed by atoms with Crippen LogP contribution in [-0.4, -0.2) is 40.5 Å². The van der Waals surface area contributed by atoms with Gasteiger partial charge in [0.05, 0.1) is 18.1 Å². The highest BCUT2D eigenvalue weighted by molar-refractivity contribution is 5.20. The number of fused-ring (bicyclic) bond motifs is 1. The third-order valence-electron chi connectivity index (χ3n) is 4.56. The van der Waals surface area contributed by atoms with Gasteiger partial charge in [0, 0.05) is 24.7 Å². The van der Waals surface area contributed by atoms with Gasteiger partial charge in [-0.15, -0.1) is 0 Å². The van der Waals surface area contributed by atoms with Crippen LogP contribution in [-0.2, 0) is 6.42 Å². The van der Waals surface area contributed by atoms with E-state index in [2.05, 4.69) is 34.0 Å². The van der Waals surface area contributed by atoms with Crippen molar-refractivity contribution in [1.29, 1.82) is 0 Å². The number of nitrogens with one attached hydrogen (secondary N) is 2. The van der Waals surface area contributed by atoms with Crippen molar-refractivity contribution in [2.45, 2.75) is 45.2 Å². The largest absolute Gasteiger partial charge is 0.348 e. The van der Waals surface area contributed by atoms with Gasteiger partial charge in [-0.3, -0.25) is 0 Å². The summed E-state index contributed by atoms with van der Waals surface area (Å²) in [4.78, 5) is 10.4. The van der Waals surface area contributed by atoms with E-state index in [0.29, 0.717) is 12.1 Å². The van der Waals surface area contributed by atoms with Crippen LogP contribution in [0.5, 0.6) is 0 Å². The Kier molecular flexibility index (Phi) is 3.39. The Morgan fingerprint density at radius 3 is 2.83 bits per heavy atom. The second kappa shape index (κ2) is 5.02. The maximum absolute atomic E-state index is 4.54. The minimum absolute atomic E-state index is 0.481. The van der Waals surface area contributed by atoms with Gasteiger partial charge in [-0.25, -0.2) is 4.98 Å². The molecule has 2 aliphatic heterocycles. The molecule has 0 saturated carbocycles. The van der Waals surface area contributed by atoms with Gasteiger partial charge in [-0.2, -0.15) is 0 Å². The van der Waals surface area contributed by atoms with Gasteiger partial charge in [0.25, 0.3) is 0 Å². The molecule has 3 heterocycles. The number of piperidine rings is 1. The zero-order valence-corrected chi connectivity index (χ0v) is 11.4. The van der Waals surface area contributed by atoms with Crippen LogP contribution in [0.25, 0.3) is 0 Å². The van der Waals surface area contributed by atoms with Crippen LogP contribution in [0.2, 0.25) is 0 Å². The van der Waals surface area contributed by atoms with Gasteiger partial charge < -0.3 is 15.2 Å². The second-order valence-corrected chi connectivity index (χ2v) is 5.92. The molecule has 4 heteroatoms. The van der Waals surface area contributed by atoms with E-state index >= 15 is 0 Å². The molecule has 2 N–H and O–H groups in total. The summed E-state index contributed by atoms with van der Waals surface area (Å²) in [7, 11) is 0. The third-order valence-corrected chi connectivity index (χ3v) is 4.56. The van der Waals surface area contributed by atoms with Crippen LogP contribution in [0, 0.1) is 5.92 Å². The SMILES string of the molecule is CC(C)N1CCC([C@@H]2NCCc3[nH]cnc32)CC1. The van der Waals surface area contributed by atoms with Crippen molar-refractivity contribution in [3.63, 3.8) is 0 Å².